The monoisotopic (exact) mass is 283 g/mol. The van der Waals surface area contributed by atoms with Gasteiger partial charge in [-0.15, -0.1) is 0 Å². The van der Waals surface area contributed by atoms with Crippen molar-refractivity contribution in [3.63, 3.8) is 0 Å². The fraction of sp³-hybridized carbons (Fsp3) is 0.375. The van der Waals surface area contributed by atoms with Crippen LogP contribution in [0.1, 0.15) is 25.3 Å². The number of nitrogens with zero attached hydrogens (tertiary/aromatic N) is 3. The minimum absolute atomic E-state index is 0.163. The molecule has 0 spiro atoms. The Morgan fingerprint density at radius 3 is 2.52 bits per heavy atom. The highest BCUT2D eigenvalue weighted by Gasteiger charge is 2.40. The average Bonchev–Trinajstić information content (AvgIpc) is 2.74. The van der Waals surface area contributed by atoms with Gasteiger partial charge in [0.05, 0.1) is 0 Å². The summed E-state index contributed by atoms with van der Waals surface area (Å²) >= 11 is 0. The van der Waals surface area contributed by atoms with E-state index in [4.69, 9.17) is 11.5 Å². The zero-order chi connectivity index (χ0) is 15.0. The van der Waals surface area contributed by atoms with Gasteiger partial charge in [-0.1, -0.05) is 44.2 Å². The molecule has 1 aliphatic heterocycles. The number of benzene rings is 1. The van der Waals surface area contributed by atoms with Crippen molar-refractivity contribution in [3.8, 4) is 0 Å². The van der Waals surface area contributed by atoms with Crippen LogP contribution in [0, 0.1) is 5.41 Å². The SMILES string of the molecule is CC1(C)CN(c2cc(N)nc(N)n2)CC1c1ccccc1. The van der Waals surface area contributed by atoms with Crippen molar-refractivity contribution in [2.24, 2.45) is 5.41 Å². The first-order chi connectivity index (χ1) is 9.95. The minimum Gasteiger partial charge on any atom is -0.383 e. The molecule has 0 radical (unpaired) electrons. The molecule has 0 amide bonds. The minimum atomic E-state index is 0.163. The summed E-state index contributed by atoms with van der Waals surface area (Å²) in [4.78, 5) is 10.5. The molecule has 0 aliphatic carbocycles. The van der Waals surface area contributed by atoms with E-state index in [2.05, 4.69) is 59.0 Å². The van der Waals surface area contributed by atoms with Crippen molar-refractivity contribution in [1.82, 2.24) is 9.97 Å². The van der Waals surface area contributed by atoms with E-state index < -0.39 is 0 Å². The van der Waals surface area contributed by atoms with E-state index in [0.29, 0.717) is 11.7 Å². The summed E-state index contributed by atoms with van der Waals surface area (Å²) in [5.41, 5.74) is 13.0. The van der Waals surface area contributed by atoms with Crippen molar-refractivity contribution < 1.29 is 0 Å². The topological polar surface area (TPSA) is 81.1 Å². The molecule has 1 aromatic carbocycles. The van der Waals surface area contributed by atoms with Gasteiger partial charge in [0.15, 0.2) is 0 Å². The number of hydrogen-bond acceptors (Lipinski definition) is 5. The van der Waals surface area contributed by atoms with Crippen LogP contribution >= 0.6 is 0 Å². The molecule has 21 heavy (non-hydrogen) atoms. The van der Waals surface area contributed by atoms with Crippen LogP contribution in [0.5, 0.6) is 0 Å². The first kappa shape index (κ1) is 13.7. The number of anilines is 3. The third-order valence-electron chi connectivity index (χ3n) is 4.22. The smallest absolute Gasteiger partial charge is 0.223 e. The second kappa shape index (κ2) is 4.91. The van der Waals surface area contributed by atoms with Gasteiger partial charge < -0.3 is 16.4 Å². The normalized spacial score (nSPS) is 20.7. The second-order valence-corrected chi connectivity index (χ2v) is 6.34. The van der Waals surface area contributed by atoms with Crippen LogP contribution < -0.4 is 16.4 Å². The number of aromatic nitrogens is 2. The predicted molar refractivity (Wildman–Crippen MR) is 86.0 cm³/mol. The molecule has 2 heterocycles. The molecule has 5 nitrogen and oxygen atoms in total. The standard InChI is InChI=1S/C16H21N5/c1-16(2)10-21(14-8-13(17)19-15(18)20-14)9-12(16)11-6-4-3-5-7-11/h3-8,12H,9-10H2,1-2H3,(H4,17,18,19,20). The van der Waals surface area contributed by atoms with Gasteiger partial charge in [0.1, 0.15) is 11.6 Å². The molecule has 4 N–H and O–H groups in total. The molecule has 1 aliphatic rings. The van der Waals surface area contributed by atoms with Gasteiger partial charge in [0.2, 0.25) is 5.95 Å². The quantitative estimate of drug-likeness (QED) is 0.883. The molecule has 1 saturated heterocycles. The maximum absolute atomic E-state index is 5.78. The van der Waals surface area contributed by atoms with Crippen LogP contribution in [0.2, 0.25) is 0 Å². The molecular formula is C16H21N5. The van der Waals surface area contributed by atoms with E-state index >= 15 is 0 Å². The van der Waals surface area contributed by atoms with E-state index in [1.807, 2.05) is 0 Å². The largest absolute Gasteiger partial charge is 0.383 e. The Hall–Kier alpha value is -2.30. The molecule has 110 valence electrons. The summed E-state index contributed by atoms with van der Waals surface area (Å²) in [6.07, 6.45) is 0. The number of rotatable bonds is 2. The van der Waals surface area contributed by atoms with Crippen LogP contribution in [0.3, 0.4) is 0 Å². The first-order valence-corrected chi connectivity index (χ1v) is 7.16. The zero-order valence-corrected chi connectivity index (χ0v) is 12.5. The van der Waals surface area contributed by atoms with E-state index in [1.54, 1.807) is 6.07 Å². The van der Waals surface area contributed by atoms with Crippen LogP contribution in [0.15, 0.2) is 36.4 Å². The van der Waals surface area contributed by atoms with E-state index in [1.165, 1.54) is 5.56 Å². The Morgan fingerprint density at radius 1 is 1.14 bits per heavy atom. The maximum atomic E-state index is 5.78. The average molecular weight is 283 g/mol. The predicted octanol–water partition coefficient (Wildman–Crippen LogP) is 2.27. The molecule has 0 bridgehead atoms. The molecule has 0 saturated carbocycles. The van der Waals surface area contributed by atoms with Crippen LogP contribution in [-0.4, -0.2) is 23.1 Å². The Bertz CT molecular complexity index is 618. The van der Waals surface area contributed by atoms with Gasteiger partial charge in [-0.2, -0.15) is 9.97 Å². The summed E-state index contributed by atoms with van der Waals surface area (Å²) in [6, 6.07) is 12.4. The summed E-state index contributed by atoms with van der Waals surface area (Å²) < 4.78 is 0. The highest BCUT2D eigenvalue weighted by Crippen LogP contribution is 2.43. The molecule has 2 aromatic rings. The van der Waals surface area contributed by atoms with Gasteiger partial charge in [-0.25, -0.2) is 0 Å². The van der Waals surface area contributed by atoms with Gasteiger partial charge >= 0.3 is 0 Å². The second-order valence-electron chi connectivity index (χ2n) is 6.34. The van der Waals surface area contributed by atoms with Crippen molar-refractivity contribution in [2.75, 3.05) is 29.5 Å². The number of nitrogen functional groups attached to an aromatic ring is 2. The van der Waals surface area contributed by atoms with Crippen LogP contribution in [-0.2, 0) is 0 Å². The molecule has 5 heteroatoms. The van der Waals surface area contributed by atoms with Crippen molar-refractivity contribution >= 4 is 17.6 Å². The highest BCUT2D eigenvalue weighted by molar-refractivity contribution is 5.52. The lowest BCUT2D eigenvalue weighted by atomic mass is 9.78. The molecular weight excluding hydrogens is 262 g/mol. The molecule has 1 aromatic heterocycles. The van der Waals surface area contributed by atoms with E-state index in [0.717, 1.165) is 18.9 Å². The lowest BCUT2D eigenvalue weighted by Crippen LogP contribution is -2.24. The van der Waals surface area contributed by atoms with Crippen molar-refractivity contribution in [2.45, 2.75) is 19.8 Å². The Labute approximate surface area is 125 Å². The van der Waals surface area contributed by atoms with Gasteiger partial charge in [0.25, 0.3) is 0 Å². The molecule has 1 unspecified atom stereocenters. The van der Waals surface area contributed by atoms with Crippen molar-refractivity contribution in [3.05, 3.63) is 42.0 Å². The Morgan fingerprint density at radius 2 is 1.86 bits per heavy atom. The lowest BCUT2D eigenvalue weighted by Gasteiger charge is -2.25. The van der Waals surface area contributed by atoms with Crippen LogP contribution in [0.25, 0.3) is 0 Å². The molecule has 1 atom stereocenters. The van der Waals surface area contributed by atoms with E-state index in [-0.39, 0.29) is 11.4 Å². The fourth-order valence-corrected chi connectivity index (χ4v) is 3.18. The zero-order valence-electron chi connectivity index (χ0n) is 12.5. The van der Waals surface area contributed by atoms with Gasteiger partial charge in [-0.05, 0) is 11.0 Å². The maximum Gasteiger partial charge on any atom is 0.223 e. The Kier molecular flexibility index (Phi) is 3.20. The fourth-order valence-electron chi connectivity index (χ4n) is 3.18. The number of hydrogen-bond donors (Lipinski definition) is 2. The summed E-state index contributed by atoms with van der Waals surface area (Å²) in [5.74, 6) is 1.91. The van der Waals surface area contributed by atoms with Gasteiger partial charge in [-0.3, -0.25) is 0 Å². The van der Waals surface area contributed by atoms with Crippen LogP contribution in [0.4, 0.5) is 17.6 Å². The highest BCUT2D eigenvalue weighted by atomic mass is 15.2. The molecule has 3 rings (SSSR count). The van der Waals surface area contributed by atoms with E-state index in [9.17, 15) is 0 Å². The van der Waals surface area contributed by atoms with Gasteiger partial charge in [0, 0.05) is 25.1 Å². The third kappa shape index (κ3) is 2.63. The number of nitrogens with two attached hydrogens (primary N) is 2. The third-order valence-corrected chi connectivity index (χ3v) is 4.22. The Balaban J connectivity index is 1.91. The van der Waals surface area contributed by atoms with Crippen molar-refractivity contribution in [1.29, 1.82) is 0 Å². The summed E-state index contributed by atoms with van der Waals surface area (Å²) in [7, 11) is 0. The first-order valence-electron chi connectivity index (χ1n) is 7.16. The summed E-state index contributed by atoms with van der Waals surface area (Å²) in [6.45, 7) is 6.41. The summed E-state index contributed by atoms with van der Waals surface area (Å²) in [5, 5.41) is 0. The lowest BCUT2D eigenvalue weighted by molar-refractivity contribution is 0.365. The molecule has 1 fully saturated rings.